The van der Waals surface area contributed by atoms with Gasteiger partial charge in [-0.2, -0.15) is 5.26 Å². The van der Waals surface area contributed by atoms with E-state index in [1.165, 1.54) is 40.6 Å². The Labute approximate surface area is 121 Å². The van der Waals surface area contributed by atoms with Gasteiger partial charge in [0.25, 0.3) is 0 Å². The SMILES string of the molecule is N#Cc1cccc(CNCc2cc3c(s2)CCC3)c1F. The van der Waals surface area contributed by atoms with E-state index >= 15 is 0 Å². The highest BCUT2D eigenvalue weighted by Crippen LogP contribution is 2.30. The molecule has 0 radical (unpaired) electrons. The molecule has 20 heavy (non-hydrogen) atoms. The van der Waals surface area contributed by atoms with Gasteiger partial charge in [-0.3, -0.25) is 0 Å². The van der Waals surface area contributed by atoms with Gasteiger partial charge in [-0.25, -0.2) is 4.39 Å². The average molecular weight is 286 g/mol. The molecule has 1 heterocycles. The van der Waals surface area contributed by atoms with Gasteiger partial charge in [0.15, 0.2) is 0 Å². The molecule has 1 aliphatic rings. The summed E-state index contributed by atoms with van der Waals surface area (Å²) < 4.78 is 13.9. The summed E-state index contributed by atoms with van der Waals surface area (Å²) in [6.45, 7) is 1.21. The zero-order chi connectivity index (χ0) is 13.9. The van der Waals surface area contributed by atoms with Crippen molar-refractivity contribution in [1.82, 2.24) is 5.32 Å². The third-order valence-corrected chi connectivity index (χ3v) is 4.85. The minimum absolute atomic E-state index is 0.111. The summed E-state index contributed by atoms with van der Waals surface area (Å²) in [7, 11) is 0. The van der Waals surface area contributed by atoms with Crippen molar-refractivity contribution in [3.05, 3.63) is 56.5 Å². The van der Waals surface area contributed by atoms with Gasteiger partial charge in [-0.1, -0.05) is 12.1 Å². The summed E-state index contributed by atoms with van der Waals surface area (Å²) in [5.41, 5.74) is 2.15. The fourth-order valence-electron chi connectivity index (χ4n) is 2.60. The molecule has 0 aliphatic heterocycles. The average Bonchev–Trinajstić information content (AvgIpc) is 3.01. The number of halogens is 1. The second-order valence-corrected chi connectivity index (χ2v) is 6.23. The number of thiophene rings is 1. The number of aryl methyl sites for hydroxylation is 2. The number of rotatable bonds is 4. The zero-order valence-corrected chi connectivity index (χ0v) is 11.9. The predicted octanol–water partition coefficient (Wildman–Crippen LogP) is 3.54. The van der Waals surface area contributed by atoms with E-state index in [1.807, 2.05) is 17.4 Å². The van der Waals surface area contributed by atoms with Gasteiger partial charge in [0.05, 0.1) is 5.56 Å². The van der Waals surface area contributed by atoms with Crippen molar-refractivity contribution >= 4 is 11.3 Å². The highest BCUT2D eigenvalue weighted by Gasteiger charge is 2.14. The number of nitrogens with zero attached hydrogens (tertiary/aromatic N) is 1. The first-order valence-electron chi connectivity index (χ1n) is 6.76. The first kappa shape index (κ1) is 13.3. The van der Waals surface area contributed by atoms with Crippen LogP contribution in [-0.4, -0.2) is 0 Å². The molecule has 1 aromatic heterocycles. The van der Waals surface area contributed by atoms with Crippen LogP contribution in [0.1, 0.15) is 32.9 Å². The van der Waals surface area contributed by atoms with E-state index in [0.717, 1.165) is 6.54 Å². The van der Waals surface area contributed by atoms with Gasteiger partial charge in [-0.15, -0.1) is 11.3 Å². The molecule has 102 valence electrons. The van der Waals surface area contributed by atoms with Crippen LogP contribution in [0.25, 0.3) is 0 Å². The van der Waals surface area contributed by atoms with E-state index < -0.39 is 5.82 Å². The van der Waals surface area contributed by atoms with Crippen molar-refractivity contribution in [2.45, 2.75) is 32.4 Å². The van der Waals surface area contributed by atoms with Crippen LogP contribution in [0.2, 0.25) is 0 Å². The minimum Gasteiger partial charge on any atom is -0.308 e. The largest absolute Gasteiger partial charge is 0.308 e. The fraction of sp³-hybridized carbons (Fsp3) is 0.312. The number of nitrogens with one attached hydrogen (secondary N) is 1. The molecule has 0 spiro atoms. The van der Waals surface area contributed by atoms with Crippen LogP contribution >= 0.6 is 11.3 Å². The molecule has 0 bridgehead atoms. The monoisotopic (exact) mass is 286 g/mol. The number of benzene rings is 1. The summed E-state index contributed by atoms with van der Waals surface area (Å²) in [4.78, 5) is 2.83. The van der Waals surface area contributed by atoms with Crippen LogP contribution in [0, 0.1) is 17.1 Å². The Morgan fingerprint density at radius 3 is 3.00 bits per heavy atom. The molecule has 1 aromatic carbocycles. The Bertz CT molecular complexity index is 648. The third kappa shape index (κ3) is 2.60. The predicted molar refractivity (Wildman–Crippen MR) is 78.0 cm³/mol. The summed E-state index contributed by atoms with van der Waals surface area (Å²) in [6, 6.07) is 9.08. The maximum absolute atomic E-state index is 13.9. The summed E-state index contributed by atoms with van der Waals surface area (Å²) in [6.07, 6.45) is 3.69. The lowest BCUT2D eigenvalue weighted by molar-refractivity contribution is 0.586. The molecular weight excluding hydrogens is 271 g/mol. The summed E-state index contributed by atoms with van der Waals surface area (Å²) >= 11 is 1.86. The molecule has 2 aromatic rings. The second-order valence-electron chi connectivity index (χ2n) is 5.01. The number of hydrogen-bond acceptors (Lipinski definition) is 3. The Hall–Kier alpha value is -1.70. The van der Waals surface area contributed by atoms with E-state index in [4.69, 9.17) is 5.26 Å². The Morgan fingerprint density at radius 1 is 1.30 bits per heavy atom. The lowest BCUT2D eigenvalue weighted by atomic mass is 10.1. The van der Waals surface area contributed by atoms with E-state index in [0.29, 0.717) is 12.1 Å². The standard InChI is InChI=1S/C16H15FN2S/c17-16-12(8-18)4-1-5-13(16)9-19-10-14-7-11-3-2-6-15(11)20-14/h1,4-5,7,19H,2-3,6,9-10H2. The highest BCUT2D eigenvalue weighted by molar-refractivity contribution is 7.12. The first-order chi connectivity index (χ1) is 9.78. The zero-order valence-electron chi connectivity index (χ0n) is 11.1. The Morgan fingerprint density at radius 2 is 2.20 bits per heavy atom. The van der Waals surface area contributed by atoms with Crippen LogP contribution in [0.5, 0.6) is 0 Å². The third-order valence-electron chi connectivity index (χ3n) is 3.61. The molecule has 2 nitrogen and oxygen atoms in total. The van der Waals surface area contributed by atoms with Gasteiger partial charge in [0, 0.05) is 28.4 Å². The fourth-order valence-corrected chi connectivity index (χ4v) is 3.83. The molecular formula is C16H15FN2S. The quantitative estimate of drug-likeness (QED) is 0.933. The highest BCUT2D eigenvalue weighted by atomic mass is 32.1. The lowest BCUT2D eigenvalue weighted by Crippen LogP contribution is -2.13. The van der Waals surface area contributed by atoms with Crippen molar-refractivity contribution in [3.63, 3.8) is 0 Å². The van der Waals surface area contributed by atoms with Gasteiger partial charge in [-0.05, 0) is 37.0 Å². The number of nitriles is 1. The Balaban J connectivity index is 1.61. The molecule has 0 amide bonds. The number of fused-ring (bicyclic) bond motifs is 1. The van der Waals surface area contributed by atoms with E-state index in [-0.39, 0.29) is 5.56 Å². The Kier molecular flexibility index (Phi) is 3.81. The van der Waals surface area contributed by atoms with Crippen molar-refractivity contribution in [2.24, 2.45) is 0 Å². The van der Waals surface area contributed by atoms with Crippen LogP contribution in [0.4, 0.5) is 4.39 Å². The van der Waals surface area contributed by atoms with Gasteiger partial charge in [0.1, 0.15) is 11.9 Å². The molecule has 1 aliphatic carbocycles. The van der Waals surface area contributed by atoms with Crippen LogP contribution in [0.3, 0.4) is 0 Å². The van der Waals surface area contributed by atoms with Gasteiger partial charge >= 0.3 is 0 Å². The molecule has 0 unspecified atom stereocenters. The van der Waals surface area contributed by atoms with Crippen LogP contribution < -0.4 is 5.32 Å². The smallest absolute Gasteiger partial charge is 0.145 e. The van der Waals surface area contributed by atoms with Crippen molar-refractivity contribution in [3.8, 4) is 6.07 Å². The maximum atomic E-state index is 13.9. The van der Waals surface area contributed by atoms with E-state index in [2.05, 4.69) is 11.4 Å². The summed E-state index contributed by atoms with van der Waals surface area (Å²) in [5, 5.41) is 12.1. The topological polar surface area (TPSA) is 35.8 Å². The lowest BCUT2D eigenvalue weighted by Gasteiger charge is -2.05. The molecule has 0 saturated heterocycles. The first-order valence-corrected chi connectivity index (χ1v) is 7.58. The maximum Gasteiger partial charge on any atom is 0.145 e. The van der Waals surface area contributed by atoms with Gasteiger partial charge in [0.2, 0.25) is 0 Å². The second kappa shape index (κ2) is 5.74. The normalized spacial score (nSPS) is 13.2. The van der Waals surface area contributed by atoms with Crippen molar-refractivity contribution in [1.29, 1.82) is 5.26 Å². The molecule has 3 rings (SSSR count). The van der Waals surface area contributed by atoms with Crippen molar-refractivity contribution < 1.29 is 4.39 Å². The van der Waals surface area contributed by atoms with Crippen LogP contribution in [-0.2, 0) is 25.9 Å². The molecule has 4 heteroatoms. The van der Waals surface area contributed by atoms with E-state index in [1.54, 1.807) is 12.1 Å². The molecule has 0 atom stereocenters. The molecule has 0 fully saturated rings. The number of hydrogen-bond donors (Lipinski definition) is 1. The van der Waals surface area contributed by atoms with Gasteiger partial charge < -0.3 is 5.32 Å². The van der Waals surface area contributed by atoms with Crippen molar-refractivity contribution in [2.75, 3.05) is 0 Å². The minimum atomic E-state index is -0.406. The van der Waals surface area contributed by atoms with E-state index in [9.17, 15) is 4.39 Å². The summed E-state index contributed by atoms with van der Waals surface area (Å²) in [5.74, 6) is -0.406. The van der Waals surface area contributed by atoms with Crippen LogP contribution in [0.15, 0.2) is 24.3 Å². The molecule has 1 N–H and O–H groups in total. The molecule has 0 saturated carbocycles.